The number of rotatable bonds is 8. The normalized spacial score (nSPS) is 11.9. The van der Waals surface area contributed by atoms with E-state index in [2.05, 4.69) is 5.32 Å². The third-order valence-corrected chi connectivity index (χ3v) is 3.76. The van der Waals surface area contributed by atoms with Crippen molar-refractivity contribution in [2.24, 2.45) is 0 Å². The van der Waals surface area contributed by atoms with E-state index in [1.54, 1.807) is 0 Å². The molecule has 0 spiro atoms. The summed E-state index contributed by atoms with van der Waals surface area (Å²) in [6.45, 7) is 8.34. The molecule has 0 fully saturated rings. The number of hydrogen-bond donors (Lipinski definition) is 1. The van der Waals surface area contributed by atoms with Crippen molar-refractivity contribution in [2.75, 3.05) is 0 Å². The van der Waals surface area contributed by atoms with E-state index in [-0.39, 0.29) is 12.0 Å². The Hall–Kier alpha value is -2.49. The van der Waals surface area contributed by atoms with Gasteiger partial charge in [-0.1, -0.05) is 37.3 Å². The fraction of sp³-hybridized carbons (Fsp3) is 0.381. The van der Waals surface area contributed by atoms with Crippen LogP contribution in [0.3, 0.4) is 0 Å². The number of nitrogens with one attached hydrogen (secondary N) is 1. The van der Waals surface area contributed by atoms with Gasteiger partial charge in [-0.2, -0.15) is 0 Å². The minimum Gasteiger partial charge on any atom is -0.491 e. The Morgan fingerprint density at radius 3 is 2.52 bits per heavy atom. The first-order valence-electron chi connectivity index (χ1n) is 8.75. The van der Waals surface area contributed by atoms with Crippen LogP contribution in [0.4, 0.5) is 0 Å². The van der Waals surface area contributed by atoms with E-state index in [0.717, 1.165) is 22.6 Å². The fourth-order valence-electron chi connectivity index (χ4n) is 2.47. The van der Waals surface area contributed by atoms with Crippen molar-refractivity contribution in [2.45, 2.75) is 52.9 Å². The van der Waals surface area contributed by atoms with Gasteiger partial charge in [-0.05, 0) is 56.5 Å². The van der Waals surface area contributed by atoms with E-state index >= 15 is 0 Å². The van der Waals surface area contributed by atoms with Crippen LogP contribution in [-0.2, 0) is 11.3 Å². The molecule has 25 heavy (non-hydrogen) atoms. The van der Waals surface area contributed by atoms with Gasteiger partial charge in [0.15, 0.2) is 6.10 Å². The molecule has 0 unspecified atom stereocenters. The second kappa shape index (κ2) is 9.11. The molecule has 0 saturated carbocycles. The number of aryl methyl sites for hydroxylation is 1. The van der Waals surface area contributed by atoms with Crippen molar-refractivity contribution in [3.8, 4) is 11.5 Å². The molecule has 1 atom stereocenters. The van der Waals surface area contributed by atoms with Crippen molar-refractivity contribution in [1.29, 1.82) is 0 Å². The van der Waals surface area contributed by atoms with Gasteiger partial charge < -0.3 is 14.8 Å². The van der Waals surface area contributed by atoms with Crippen molar-refractivity contribution in [3.63, 3.8) is 0 Å². The van der Waals surface area contributed by atoms with Gasteiger partial charge >= 0.3 is 0 Å². The van der Waals surface area contributed by atoms with E-state index in [0.29, 0.717) is 13.0 Å². The average Bonchev–Trinajstić information content (AvgIpc) is 2.59. The van der Waals surface area contributed by atoms with Gasteiger partial charge in [0.05, 0.1) is 6.10 Å². The molecule has 2 aromatic carbocycles. The van der Waals surface area contributed by atoms with Gasteiger partial charge in [0, 0.05) is 6.54 Å². The number of carbonyl (C=O) groups excluding carboxylic acids is 1. The molecule has 0 bridgehead atoms. The van der Waals surface area contributed by atoms with Crippen LogP contribution in [0.5, 0.6) is 11.5 Å². The van der Waals surface area contributed by atoms with Crippen molar-refractivity contribution < 1.29 is 14.3 Å². The van der Waals surface area contributed by atoms with Gasteiger partial charge in [0.1, 0.15) is 11.5 Å². The van der Waals surface area contributed by atoms with Gasteiger partial charge in [-0.25, -0.2) is 0 Å². The molecule has 4 nitrogen and oxygen atoms in total. The summed E-state index contributed by atoms with van der Waals surface area (Å²) in [5, 5.41) is 2.95. The first kappa shape index (κ1) is 18.8. The summed E-state index contributed by atoms with van der Waals surface area (Å²) in [6.07, 6.45) is 0.226. The van der Waals surface area contributed by atoms with Gasteiger partial charge in [0.25, 0.3) is 5.91 Å². The molecular weight excluding hydrogens is 314 g/mol. The molecule has 0 heterocycles. The second-order valence-corrected chi connectivity index (χ2v) is 6.31. The fourth-order valence-corrected chi connectivity index (χ4v) is 2.47. The average molecular weight is 341 g/mol. The largest absolute Gasteiger partial charge is 0.491 e. The number of hydrogen-bond acceptors (Lipinski definition) is 3. The Bertz CT molecular complexity index is 697. The summed E-state index contributed by atoms with van der Waals surface area (Å²) in [4.78, 5) is 12.5. The summed E-state index contributed by atoms with van der Waals surface area (Å²) < 4.78 is 11.6. The highest BCUT2D eigenvalue weighted by molar-refractivity contribution is 5.81. The van der Waals surface area contributed by atoms with E-state index in [9.17, 15) is 4.79 Å². The molecule has 4 heteroatoms. The van der Waals surface area contributed by atoms with Gasteiger partial charge in [-0.15, -0.1) is 0 Å². The molecule has 0 aliphatic carbocycles. The highest BCUT2D eigenvalue weighted by Gasteiger charge is 2.18. The zero-order valence-electron chi connectivity index (χ0n) is 15.4. The maximum Gasteiger partial charge on any atom is 0.261 e. The first-order chi connectivity index (χ1) is 12.0. The third-order valence-electron chi connectivity index (χ3n) is 3.76. The molecule has 0 aliphatic heterocycles. The minimum absolute atomic E-state index is 0.110. The van der Waals surface area contributed by atoms with Crippen LogP contribution in [0, 0.1) is 6.92 Å². The lowest BCUT2D eigenvalue weighted by molar-refractivity contribution is -0.128. The standard InChI is InChI=1S/C21H27NO3/c1-5-19(25-20-12-7-6-9-16(20)4)21(23)22-14-17-10-8-11-18(13-17)24-15(2)3/h6-13,15,19H,5,14H2,1-4H3,(H,22,23)/t19-/m1/s1. The zero-order valence-corrected chi connectivity index (χ0v) is 15.4. The molecule has 2 aromatic rings. The highest BCUT2D eigenvalue weighted by atomic mass is 16.5. The van der Waals surface area contributed by atoms with Crippen LogP contribution in [0.1, 0.15) is 38.3 Å². The van der Waals surface area contributed by atoms with E-state index in [1.165, 1.54) is 0 Å². The maximum absolute atomic E-state index is 12.5. The zero-order chi connectivity index (χ0) is 18.2. The van der Waals surface area contributed by atoms with Gasteiger partial charge in [-0.3, -0.25) is 4.79 Å². The summed E-state index contributed by atoms with van der Waals surface area (Å²) >= 11 is 0. The Labute approximate surface area is 150 Å². The highest BCUT2D eigenvalue weighted by Crippen LogP contribution is 2.19. The molecule has 2 rings (SSSR count). The first-order valence-corrected chi connectivity index (χ1v) is 8.75. The number of amides is 1. The van der Waals surface area contributed by atoms with Crippen LogP contribution in [0.25, 0.3) is 0 Å². The number of benzene rings is 2. The van der Waals surface area contributed by atoms with Crippen LogP contribution in [0.15, 0.2) is 48.5 Å². The van der Waals surface area contributed by atoms with E-state index < -0.39 is 6.10 Å². The lowest BCUT2D eigenvalue weighted by atomic mass is 10.2. The van der Waals surface area contributed by atoms with Crippen LogP contribution in [0.2, 0.25) is 0 Å². The molecule has 0 aromatic heterocycles. The summed E-state index contributed by atoms with van der Waals surface area (Å²) in [7, 11) is 0. The monoisotopic (exact) mass is 341 g/mol. The Morgan fingerprint density at radius 1 is 1.08 bits per heavy atom. The predicted octanol–water partition coefficient (Wildman–Crippen LogP) is 4.26. The number of para-hydroxylation sites is 1. The molecule has 1 amide bonds. The van der Waals surface area contributed by atoms with E-state index in [1.807, 2.05) is 76.2 Å². The minimum atomic E-state index is -0.504. The maximum atomic E-state index is 12.5. The summed E-state index contributed by atoms with van der Waals surface area (Å²) in [5.41, 5.74) is 2.02. The second-order valence-electron chi connectivity index (χ2n) is 6.31. The molecule has 0 radical (unpaired) electrons. The lowest BCUT2D eigenvalue weighted by Crippen LogP contribution is -2.37. The van der Waals surface area contributed by atoms with Crippen LogP contribution in [-0.4, -0.2) is 18.1 Å². The van der Waals surface area contributed by atoms with Gasteiger partial charge in [0.2, 0.25) is 0 Å². The van der Waals surface area contributed by atoms with Crippen molar-refractivity contribution >= 4 is 5.91 Å². The molecule has 134 valence electrons. The quantitative estimate of drug-likeness (QED) is 0.780. The van der Waals surface area contributed by atoms with Crippen LogP contribution >= 0.6 is 0 Å². The van der Waals surface area contributed by atoms with Crippen molar-refractivity contribution in [3.05, 3.63) is 59.7 Å². The van der Waals surface area contributed by atoms with Crippen LogP contribution < -0.4 is 14.8 Å². The molecule has 0 aliphatic rings. The number of ether oxygens (including phenoxy) is 2. The molecular formula is C21H27NO3. The Morgan fingerprint density at radius 2 is 1.84 bits per heavy atom. The Balaban J connectivity index is 1.95. The third kappa shape index (κ3) is 5.82. The summed E-state index contributed by atoms with van der Waals surface area (Å²) in [6, 6.07) is 15.5. The lowest BCUT2D eigenvalue weighted by Gasteiger charge is -2.18. The summed E-state index contributed by atoms with van der Waals surface area (Å²) in [5.74, 6) is 1.45. The Kier molecular flexibility index (Phi) is 6.87. The van der Waals surface area contributed by atoms with E-state index in [4.69, 9.17) is 9.47 Å². The molecule has 1 N–H and O–H groups in total. The topological polar surface area (TPSA) is 47.6 Å². The number of carbonyl (C=O) groups is 1. The predicted molar refractivity (Wildman–Crippen MR) is 99.9 cm³/mol. The van der Waals surface area contributed by atoms with Crippen molar-refractivity contribution in [1.82, 2.24) is 5.32 Å². The SMILES string of the molecule is CC[C@@H](Oc1ccccc1C)C(=O)NCc1cccc(OC(C)C)c1. The molecule has 0 saturated heterocycles. The smallest absolute Gasteiger partial charge is 0.261 e.